The van der Waals surface area contributed by atoms with Crippen LogP contribution in [0.2, 0.25) is 5.02 Å². The second kappa shape index (κ2) is 11.7. The summed E-state index contributed by atoms with van der Waals surface area (Å²) in [5, 5.41) is 5.35. The number of halogens is 3. The number of hydrogen-bond acceptors (Lipinski definition) is 5. The highest BCUT2D eigenvalue weighted by atomic mass is 79.9. The van der Waals surface area contributed by atoms with E-state index in [1.807, 2.05) is 18.2 Å². The summed E-state index contributed by atoms with van der Waals surface area (Å²) in [6, 6.07) is 15.4. The second-order valence-electron chi connectivity index (χ2n) is 9.19. The standard InChI is InChI=1S/C29H26BrClFN3O3/c1-37-24-15-20(25(30)26(31)27(24)38-17-19-11-5-7-13-22(19)32)16-33-35-28(18-9-3-2-4-10-18)34-23-14-8-6-12-21(23)29(35)36/h5-8,11-16,18H,2-4,9-10,17H2,1H3. The average Bonchev–Trinajstić information content (AvgIpc) is 2.95. The van der Waals surface area contributed by atoms with Crippen LogP contribution in [0.5, 0.6) is 11.5 Å². The van der Waals surface area contributed by atoms with Crippen molar-refractivity contribution in [2.45, 2.75) is 44.6 Å². The van der Waals surface area contributed by atoms with Gasteiger partial charge < -0.3 is 9.47 Å². The van der Waals surface area contributed by atoms with E-state index in [9.17, 15) is 9.18 Å². The van der Waals surface area contributed by atoms with Gasteiger partial charge in [-0.2, -0.15) is 9.78 Å². The second-order valence-corrected chi connectivity index (χ2v) is 10.4. The van der Waals surface area contributed by atoms with Crippen LogP contribution in [-0.4, -0.2) is 23.0 Å². The zero-order valence-corrected chi connectivity index (χ0v) is 23.1. The van der Waals surface area contributed by atoms with Crippen LogP contribution in [0.25, 0.3) is 10.9 Å². The summed E-state index contributed by atoms with van der Waals surface area (Å²) in [6.45, 7) is -0.0223. The lowest BCUT2D eigenvalue weighted by Gasteiger charge is -2.22. The number of fused-ring (bicyclic) bond motifs is 1. The van der Waals surface area contributed by atoms with E-state index < -0.39 is 0 Å². The molecule has 0 atom stereocenters. The largest absolute Gasteiger partial charge is 0.493 e. The van der Waals surface area contributed by atoms with E-state index in [0.29, 0.717) is 38.1 Å². The molecule has 38 heavy (non-hydrogen) atoms. The number of rotatable bonds is 7. The zero-order chi connectivity index (χ0) is 26.6. The van der Waals surface area contributed by atoms with Gasteiger partial charge in [0.25, 0.3) is 5.56 Å². The molecule has 1 saturated carbocycles. The number of benzene rings is 3. The normalized spacial score (nSPS) is 14.3. The fourth-order valence-electron chi connectivity index (χ4n) is 4.75. The van der Waals surface area contributed by atoms with Crippen molar-refractivity contribution in [3.05, 3.63) is 97.2 Å². The Labute approximate surface area is 233 Å². The first kappa shape index (κ1) is 26.4. The van der Waals surface area contributed by atoms with Crippen molar-refractivity contribution < 1.29 is 13.9 Å². The fourth-order valence-corrected chi connectivity index (χ4v) is 5.40. The third-order valence-corrected chi connectivity index (χ3v) is 8.21. The SMILES string of the molecule is COc1cc(C=Nn2c(C3CCCCC3)nc3ccccc3c2=O)c(Br)c(Cl)c1OCc1ccccc1F. The molecule has 0 unspecified atom stereocenters. The van der Waals surface area contributed by atoms with Gasteiger partial charge in [-0.1, -0.05) is 61.2 Å². The van der Waals surface area contributed by atoms with E-state index in [1.54, 1.807) is 36.5 Å². The molecular weight excluding hydrogens is 573 g/mol. The first-order valence-corrected chi connectivity index (χ1v) is 13.6. The number of nitrogens with zero attached hydrogens (tertiary/aromatic N) is 3. The van der Waals surface area contributed by atoms with E-state index in [4.69, 9.17) is 26.1 Å². The summed E-state index contributed by atoms with van der Waals surface area (Å²) in [4.78, 5) is 18.3. The first-order valence-electron chi connectivity index (χ1n) is 12.5. The maximum atomic E-state index is 14.1. The third kappa shape index (κ3) is 5.33. The highest BCUT2D eigenvalue weighted by Gasteiger charge is 2.23. The van der Waals surface area contributed by atoms with Gasteiger partial charge in [0.2, 0.25) is 0 Å². The van der Waals surface area contributed by atoms with Crippen molar-refractivity contribution in [3.8, 4) is 11.5 Å². The van der Waals surface area contributed by atoms with E-state index >= 15 is 0 Å². The van der Waals surface area contributed by atoms with Crippen molar-refractivity contribution in [1.29, 1.82) is 0 Å². The molecule has 0 bridgehead atoms. The average molecular weight is 599 g/mol. The van der Waals surface area contributed by atoms with Crippen LogP contribution in [0, 0.1) is 5.82 Å². The summed E-state index contributed by atoms with van der Waals surface area (Å²) in [7, 11) is 1.50. The Morgan fingerprint density at radius 1 is 1.16 bits per heavy atom. The van der Waals surface area contributed by atoms with Crippen molar-refractivity contribution >= 4 is 44.6 Å². The smallest absolute Gasteiger partial charge is 0.282 e. The lowest BCUT2D eigenvalue weighted by atomic mass is 9.88. The number of aromatic nitrogens is 2. The molecule has 0 spiro atoms. The van der Waals surface area contributed by atoms with Gasteiger partial charge in [-0.3, -0.25) is 4.79 Å². The van der Waals surface area contributed by atoms with Gasteiger partial charge in [0.05, 0.1) is 24.2 Å². The molecule has 1 aliphatic carbocycles. The van der Waals surface area contributed by atoms with Gasteiger partial charge in [0, 0.05) is 21.5 Å². The minimum Gasteiger partial charge on any atom is -0.493 e. The van der Waals surface area contributed by atoms with Gasteiger partial charge in [-0.15, -0.1) is 0 Å². The van der Waals surface area contributed by atoms with Crippen LogP contribution in [0.1, 0.15) is 55.0 Å². The van der Waals surface area contributed by atoms with E-state index in [0.717, 1.165) is 25.7 Å². The van der Waals surface area contributed by atoms with Crippen molar-refractivity contribution in [1.82, 2.24) is 9.66 Å². The molecule has 6 nitrogen and oxygen atoms in total. The molecular formula is C29H26BrClFN3O3. The zero-order valence-electron chi connectivity index (χ0n) is 20.8. The summed E-state index contributed by atoms with van der Waals surface area (Å²) < 4.78 is 27.4. The molecule has 0 amide bonds. The van der Waals surface area contributed by atoms with Crippen LogP contribution in [0.4, 0.5) is 4.39 Å². The molecule has 3 aromatic carbocycles. The Morgan fingerprint density at radius 3 is 2.66 bits per heavy atom. The lowest BCUT2D eigenvalue weighted by molar-refractivity contribution is 0.279. The Hall–Kier alpha value is -3.23. The van der Waals surface area contributed by atoms with Crippen LogP contribution >= 0.6 is 27.5 Å². The quantitative estimate of drug-likeness (QED) is 0.207. The molecule has 4 aromatic rings. The van der Waals surface area contributed by atoms with Crippen LogP contribution in [0.15, 0.2) is 69.0 Å². The Kier molecular flexibility index (Phi) is 8.09. The number of methoxy groups -OCH3 is 1. The molecule has 1 heterocycles. The molecule has 1 aliphatic rings. The van der Waals surface area contributed by atoms with Crippen molar-refractivity contribution in [2.75, 3.05) is 7.11 Å². The molecule has 9 heteroatoms. The Morgan fingerprint density at radius 2 is 1.89 bits per heavy atom. The highest BCUT2D eigenvalue weighted by molar-refractivity contribution is 9.10. The number of ether oxygens (including phenoxy) is 2. The molecule has 0 N–H and O–H groups in total. The van der Waals surface area contributed by atoms with Crippen molar-refractivity contribution in [3.63, 3.8) is 0 Å². The predicted octanol–water partition coefficient (Wildman–Crippen LogP) is 7.47. The van der Waals surface area contributed by atoms with E-state index in [1.165, 1.54) is 24.3 Å². The summed E-state index contributed by atoms with van der Waals surface area (Å²) >= 11 is 10.2. The number of para-hydroxylation sites is 1. The maximum absolute atomic E-state index is 14.1. The summed E-state index contributed by atoms with van der Waals surface area (Å²) in [5.74, 6) is 1.09. The van der Waals surface area contributed by atoms with Gasteiger partial charge in [0.1, 0.15) is 23.3 Å². The molecule has 0 saturated heterocycles. The topological polar surface area (TPSA) is 65.7 Å². The fraction of sp³-hybridized carbons (Fsp3) is 0.276. The van der Waals surface area contributed by atoms with Gasteiger partial charge in [0.15, 0.2) is 11.5 Å². The Bertz CT molecular complexity index is 1570. The third-order valence-electron chi connectivity index (χ3n) is 6.77. The molecule has 0 aliphatic heterocycles. The minimum absolute atomic E-state index is 0.0223. The monoisotopic (exact) mass is 597 g/mol. The lowest BCUT2D eigenvalue weighted by Crippen LogP contribution is -2.25. The van der Waals surface area contributed by atoms with Gasteiger partial charge in [-0.25, -0.2) is 9.37 Å². The van der Waals surface area contributed by atoms with Gasteiger partial charge in [-0.05, 0) is 53.0 Å². The maximum Gasteiger partial charge on any atom is 0.282 e. The Balaban J connectivity index is 1.53. The number of hydrogen-bond donors (Lipinski definition) is 0. The first-order chi connectivity index (χ1) is 18.5. The van der Waals surface area contributed by atoms with Crippen molar-refractivity contribution in [2.24, 2.45) is 5.10 Å². The van der Waals surface area contributed by atoms with E-state index in [2.05, 4.69) is 21.0 Å². The minimum atomic E-state index is -0.367. The predicted molar refractivity (Wildman–Crippen MR) is 151 cm³/mol. The highest BCUT2D eigenvalue weighted by Crippen LogP contribution is 2.42. The van der Waals surface area contributed by atoms with Crippen LogP contribution in [0.3, 0.4) is 0 Å². The molecule has 5 rings (SSSR count). The van der Waals surface area contributed by atoms with Crippen LogP contribution < -0.4 is 15.0 Å². The van der Waals surface area contributed by atoms with Gasteiger partial charge >= 0.3 is 0 Å². The van der Waals surface area contributed by atoms with Crippen LogP contribution in [-0.2, 0) is 6.61 Å². The summed E-state index contributed by atoms with van der Waals surface area (Å²) in [5.41, 5.74) is 1.43. The van der Waals surface area contributed by atoms with E-state index in [-0.39, 0.29) is 34.7 Å². The molecule has 0 radical (unpaired) electrons. The summed E-state index contributed by atoms with van der Waals surface area (Å²) in [6.07, 6.45) is 6.89. The molecule has 196 valence electrons. The molecule has 1 fully saturated rings. The molecule has 1 aromatic heterocycles.